The molecule has 0 spiro atoms. The molecule has 0 radical (unpaired) electrons. The molecule has 0 aliphatic carbocycles. The number of primary amides is 1. The van der Waals surface area contributed by atoms with Crippen LogP contribution in [-0.2, 0) is 39.5 Å². The van der Waals surface area contributed by atoms with Crippen LogP contribution in [0.25, 0.3) is 0 Å². The van der Waals surface area contributed by atoms with Crippen LogP contribution in [0.4, 0.5) is 0 Å². The van der Waals surface area contributed by atoms with Crippen molar-refractivity contribution in [3.63, 3.8) is 0 Å². The van der Waals surface area contributed by atoms with Crippen molar-refractivity contribution in [1.82, 2.24) is 26.2 Å². The van der Waals surface area contributed by atoms with E-state index in [4.69, 9.17) is 21.3 Å². The number of nitrogens with two attached hydrogens (primary N) is 2. The maximum absolute atomic E-state index is 13.1. The summed E-state index contributed by atoms with van der Waals surface area (Å²) in [5.41, 5.74) is 11.3. The van der Waals surface area contributed by atoms with Crippen molar-refractivity contribution in [1.29, 1.82) is 0 Å². The molecule has 1 saturated heterocycles. The normalized spacial score (nSPS) is 18.1. The standard InChI is InChI=1S/C25H40N7O13P/c26-15(12-45-46(42,43)44)22(38)31-18(11-34)25(41)32-7-1-2-19(32)24(40)28-9-20(36)29-16(8-13-3-5-14(35)6-4-13)23(39)30-17(10-33)21(27)37/h3-6,15-19,22,31,33-35,38H,1-2,7-12,26H2,(H2,27,37)(H,28,40)(H,29,36)(H,30,39)(H2,42,43,44). The molecule has 6 unspecified atom stereocenters. The average molecular weight is 678 g/mol. The van der Waals surface area contributed by atoms with Crippen LogP contribution in [0, 0.1) is 0 Å². The van der Waals surface area contributed by atoms with Gasteiger partial charge in [0.2, 0.25) is 29.5 Å². The number of hydrogen-bond donors (Lipinski definition) is 12. The summed E-state index contributed by atoms with van der Waals surface area (Å²) in [6.45, 7) is -2.97. The predicted molar refractivity (Wildman–Crippen MR) is 156 cm³/mol. The van der Waals surface area contributed by atoms with E-state index < -0.39 is 100 Å². The van der Waals surface area contributed by atoms with Gasteiger partial charge < -0.3 is 62.5 Å². The van der Waals surface area contributed by atoms with Crippen LogP contribution in [0.2, 0.25) is 0 Å². The fourth-order valence-electron chi connectivity index (χ4n) is 4.40. The third-order valence-corrected chi connectivity index (χ3v) is 7.31. The first-order chi connectivity index (χ1) is 21.6. The topological polar surface area (TPSA) is 336 Å². The van der Waals surface area contributed by atoms with Gasteiger partial charge in [0.25, 0.3) is 0 Å². The molecule has 46 heavy (non-hydrogen) atoms. The zero-order valence-corrected chi connectivity index (χ0v) is 25.4. The molecule has 2 rings (SSSR count). The summed E-state index contributed by atoms with van der Waals surface area (Å²) in [6, 6.07) is -0.980. The second-order valence-electron chi connectivity index (χ2n) is 10.3. The monoisotopic (exact) mass is 677 g/mol. The Morgan fingerprint density at radius 2 is 1.65 bits per heavy atom. The van der Waals surface area contributed by atoms with Crippen LogP contribution in [0.1, 0.15) is 18.4 Å². The number of phosphoric acid groups is 1. The number of phenols is 1. The molecule has 20 nitrogen and oxygen atoms in total. The van der Waals surface area contributed by atoms with Gasteiger partial charge in [-0.2, -0.15) is 0 Å². The minimum absolute atomic E-state index is 0.0429. The van der Waals surface area contributed by atoms with E-state index in [0.29, 0.717) is 12.0 Å². The van der Waals surface area contributed by atoms with E-state index in [1.54, 1.807) is 0 Å². The number of carbonyl (C=O) groups is 5. The molecular weight excluding hydrogens is 637 g/mol. The molecule has 14 N–H and O–H groups in total. The number of aromatic hydroxyl groups is 1. The minimum Gasteiger partial charge on any atom is -0.508 e. The number of aliphatic hydroxyl groups excluding tert-OH is 3. The number of carbonyl (C=O) groups excluding carboxylic acids is 5. The van der Waals surface area contributed by atoms with Crippen molar-refractivity contribution in [2.24, 2.45) is 11.5 Å². The number of benzene rings is 1. The van der Waals surface area contributed by atoms with E-state index in [9.17, 15) is 49.0 Å². The Bertz CT molecular complexity index is 1270. The number of nitrogens with zero attached hydrogens (tertiary/aromatic N) is 1. The highest BCUT2D eigenvalue weighted by Crippen LogP contribution is 2.35. The number of phenolic OH excluding ortho intramolecular Hbond substituents is 1. The Balaban J connectivity index is 2.02. The van der Waals surface area contributed by atoms with E-state index in [2.05, 4.69) is 25.8 Å². The Morgan fingerprint density at radius 1 is 1.02 bits per heavy atom. The zero-order chi connectivity index (χ0) is 34.6. The fraction of sp³-hybridized carbons (Fsp3) is 0.560. The zero-order valence-electron chi connectivity index (χ0n) is 24.5. The van der Waals surface area contributed by atoms with Gasteiger partial charge in [-0.05, 0) is 30.5 Å². The van der Waals surface area contributed by atoms with E-state index in [-0.39, 0.29) is 25.1 Å². The molecule has 1 aromatic rings. The fourth-order valence-corrected chi connectivity index (χ4v) is 4.76. The van der Waals surface area contributed by atoms with Crippen molar-refractivity contribution < 1.29 is 63.3 Å². The second kappa shape index (κ2) is 17.8. The van der Waals surface area contributed by atoms with Gasteiger partial charge in [0.05, 0.1) is 32.4 Å². The minimum atomic E-state index is -4.88. The Kier molecular flexibility index (Phi) is 14.9. The van der Waals surface area contributed by atoms with Crippen LogP contribution >= 0.6 is 7.82 Å². The number of hydrogen-bond acceptors (Lipinski definition) is 13. The maximum Gasteiger partial charge on any atom is 0.469 e. The van der Waals surface area contributed by atoms with Crippen LogP contribution in [0.3, 0.4) is 0 Å². The summed E-state index contributed by atoms with van der Waals surface area (Å²) in [6.07, 6.45) is -1.28. The number of amides is 5. The molecule has 0 aromatic heterocycles. The van der Waals surface area contributed by atoms with Crippen molar-refractivity contribution in [2.75, 3.05) is 32.9 Å². The van der Waals surface area contributed by atoms with Gasteiger partial charge in [-0.1, -0.05) is 12.1 Å². The van der Waals surface area contributed by atoms with E-state index in [1.807, 2.05) is 0 Å². The van der Waals surface area contributed by atoms with Crippen LogP contribution in [0.5, 0.6) is 5.75 Å². The third kappa shape index (κ3) is 12.2. The van der Waals surface area contributed by atoms with Crippen LogP contribution < -0.4 is 32.7 Å². The van der Waals surface area contributed by atoms with Crippen molar-refractivity contribution in [2.45, 2.75) is 55.7 Å². The average Bonchev–Trinajstić information content (AvgIpc) is 3.50. The first kappa shape index (κ1) is 38.5. The van der Waals surface area contributed by atoms with Gasteiger partial charge in [0.1, 0.15) is 36.1 Å². The number of nitrogens with one attached hydrogen (secondary N) is 4. The Morgan fingerprint density at radius 3 is 2.22 bits per heavy atom. The number of rotatable bonds is 18. The van der Waals surface area contributed by atoms with Gasteiger partial charge in [-0.3, -0.25) is 33.8 Å². The molecular formula is C25H40N7O13P. The molecule has 0 bridgehead atoms. The Labute approximate surface area is 262 Å². The van der Waals surface area contributed by atoms with Gasteiger partial charge in [-0.15, -0.1) is 0 Å². The van der Waals surface area contributed by atoms with Crippen molar-refractivity contribution in [3.05, 3.63) is 29.8 Å². The molecule has 1 aliphatic rings. The van der Waals surface area contributed by atoms with Crippen LogP contribution in [-0.4, -0.2) is 134 Å². The molecule has 5 amide bonds. The van der Waals surface area contributed by atoms with Crippen molar-refractivity contribution in [3.8, 4) is 5.75 Å². The molecule has 21 heteroatoms. The third-order valence-electron chi connectivity index (χ3n) is 6.83. The highest BCUT2D eigenvalue weighted by Gasteiger charge is 2.38. The summed E-state index contributed by atoms with van der Waals surface area (Å²) in [5, 5.41) is 48.1. The summed E-state index contributed by atoms with van der Waals surface area (Å²) < 4.78 is 15.1. The van der Waals surface area contributed by atoms with Gasteiger partial charge >= 0.3 is 7.82 Å². The predicted octanol–water partition coefficient (Wildman–Crippen LogP) is -5.81. The lowest BCUT2D eigenvalue weighted by atomic mass is 10.0. The SMILES string of the molecule is NC(=O)C(CO)NC(=O)C(Cc1ccc(O)cc1)NC(=O)CNC(=O)C1CCCN1C(=O)C(CO)NC(O)C(N)COP(=O)(O)O. The first-order valence-corrected chi connectivity index (χ1v) is 15.5. The number of aliphatic hydroxyl groups is 3. The maximum atomic E-state index is 13.1. The summed E-state index contributed by atoms with van der Waals surface area (Å²) in [4.78, 5) is 81.9. The lowest BCUT2D eigenvalue weighted by molar-refractivity contribution is -0.142. The van der Waals surface area contributed by atoms with Gasteiger partial charge in [-0.25, -0.2) is 4.57 Å². The lowest BCUT2D eigenvalue weighted by Crippen LogP contribution is -2.59. The molecule has 258 valence electrons. The van der Waals surface area contributed by atoms with E-state index >= 15 is 0 Å². The second-order valence-corrected chi connectivity index (χ2v) is 11.6. The molecule has 1 fully saturated rings. The summed E-state index contributed by atoms with van der Waals surface area (Å²) >= 11 is 0. The molecule has 1 heterocycles. The molecule has 1 aromatic carbocycles. The molecule has 1 aliphatic heterocycles. The van der Waals surface area contributed by atoms with E-state index in [0.717, 1.165) is 4.90 Å². The smallest absolute Gasteiger partial charge is 0.469 e. The summed E-state index contributed by atoms with van der Waals surface area (Å²) in [7, 11) is -4.88. The first-order valence-electron chi connectivity index (χ1n) is 13.9. The highest BCUT2D eigenvalue weighted by atomic mass is 31.2. The molecule has 6 atom stereocenters. The largest absolute Gasteiger partial charge is 0.508 e. The van der Waals surface area contributed by atoms with Gasteiger partial charge in [0, 0.05) is 13.0 Å². The Hall–Kier alpha value is -3.72. The number of phosphoric ester groups is 1. The molecule has 0 saturated carbocycles. The highest BCUT2D eigenvalue weighted by molar-refractivity contribution is 7.46. The summed E-state index contributed by atoms with van der Waals surface area (Å²) in [5.74, 6) is -4.29. The van der Waals surface area contributed by atoms with E-state index in [1.165, 1.54) is 24.3 Å². The van der Waals surface area contributed by atoms with Crippen molar-refractivity contribution >= 4 is 37.4 Å². The van der Waals surface area contributed by atoms with Gasteiger partial charge in [0.15, 0.2) is 0 Å². The lowest BCUT2D eigenvalue weighted by Gasteiger charge is -2.30. The quantitative estimate of drug-likeness (QED) is 0.0508. The van der Waals surface area contributed by atoms with Crippen LogP contribution in [0.15, 0.2) is 24.3 Å². The number of likely N-dealkylation sites (tertiary alicyclic amines) is 1.